The monoisotopic (exact) mass is 267 g/mol. The summed E-state index contributed by atoms with van der Waals surface area (Å²) in [6.45, 7) is 2.76. The van der Waals surface area contributed by atoms with Gasteiger partial charge in [0.05, 0.1) is 0 Å². The lowest BCUT2D eigenvalue weighted by molar-refractivity contribution is 0.892. The van der Waals surface area contributed by atoms with E-state index in [0.717, 1.165) is 18.5 Å². The number of benzene rings is 1. The summed E-state index contributed by atoms with van der Waals surface area (Å²) in [7, 11) is 0. The molecule has 3 aromatic rings. The predicted octanol–water partition coefficient (Wildman–Crippen LogP) is 1.36. The van der Waals surface area contributed by atoms with Crippen LogP contribution in [0, 0.1) is 6.92 Å². The topological polar surface area (TPSA) is 75.1 Å². The van der Waals surface area contributed by atoms with Crippen molar-refractivity contribution in [1.82, 2.24) is 19.6 Å². The second-order valence-corrected chi connectivity index (χ2v) is 4.99. The SMILES string of the molecule is Cc1cc(=O)n2[nH]c(-c3ccc4c(c3)CCN4)nc2n1. The minimum Gasteiger partial charge on any atom is -0.384 e. The zero-order valence-electron chi connectivity index (χ0n) is 11.0. The molecule has 6 nitrogen and oxygen atoms in total. The highest BCUT2D eigenvalue weighted by molar-refractivity contribution is 5.66. The summed E-state index contributed by atoms with van der Waals surface area (Å²) in [6.07, 6.45) is 1.01. The van der Waals surface area contributed by atoms with Gasteiger partial charge in [-0.25, -0.2) is 4.98 Å². The maximum atomic E-state index is 11.9. The quantitative estimate of drug-likeness (QED) is 0.698. The third-order valence-electron chi connectivity index (χ3n) is 3.55. The molecule has 2 N–H and O–H groups in total. The summed E-state index contributed by atoms with van der Waals surface area (Å²) in [5.41, 5.74) is 3.95. The minimum absolute atomic E-state index is 0.144. The average molecular weight is 267 g/mol. The second-order valence-electron chi connectivity index (χ2n) is 4.99. The van der Waals surface area contributed by atoms with E-state index in [1.807, 2.05) is 12.1 Å². The van der Waals surface area contributed by atoms with Gasteiger partial charge in [-0.05, 0) is 37.1 Å². The van der Waals surface area contributed by atoms with Gasteiger partial charge in [-0.1, -0.05) is 0 Å². The number of aromatic nitrogens is 4. The van der Waals surface area contributed by atoms with E-state index in [9.17, 15) is 4.79 Å². The Bertz CT molecular complexity index is 877. The number of aromatic amines is 1. The molecule has 1 aliphatic heterocycles. The first kappa shape index (κ1) is 11.2. The Kier molecular flexibility index (Phi) is 2.20. The van der Waals surface area contributed by atoms with E-state index < -0.39 is 0 Å². The summed E-state index contributed by atoms with van der Waals surface area (Å²) < 4.78 is 1.37. The molecule has 0 atom stereocenters. The number of H-pyrrole nitrogens is 1. The Labute approximate surface area is 114 Å². The van der Waals surface area contributed by atoms with Crippen LogP contribution in [-0.4, -0.2) is 26.1 Å². The third kappa shape index (κ3) is 1.61. The van der Waals surface area contributed by atoms with Gasteiger partial charge >= 0.3 is 0 Å². The van der Waals surface area contributed by atoms with Gasteiger partial charge in [0.15, 0.2) is 5.82 Å². The van der Waals surface area contributed by atoms with Crippen molar-refractivity contribution in [3.63, 3.8) is 0 Å². The molecular weight excluding hydrogens is 254 g/mol. The van der Waals surface area contributed by atoms with Gasteiger partial charge in [-0.15, -0.1) is 0 Å². The predicted molar refractivity (Wildman–Crippen MR) is 76.0 cm³/mol. The first-order valence-corrected chi connectivity index (χ1v) is 6.54. The number of hydrogen-bond acceptors (Lipinski definition) is 4. The van der Waals surface area contributed by atoms with Crippen molar-refractivity contribution in [2.24, 2.45) is 0 Å². The van der Waals surface area contributed by atoms with E-state index in [-0.39, 0.29) is 5.56 Å². The molecule has 0 saturated carbocycles. The highest BCUT2D eigenvalue weighted by Crippen LogP contribution is 2.26. The molecular formula is C14H13N5O. The van der Waals surface area contributed by atoms with Crippen molar-refractivity contribution in [2.45, 2.75) is 13.3 Å². The summed E-state index contributed by atoms with van der Waals surface area (Å²) >= 11 is 0. The summed E-state index contributed by atoms with van der Waals surface area (Å²) in [5, 5.41) is 6.33. The van der Waals surface area contributed by atoms with Crippen LogP contribution in [-0.2, 0) is 6.42 Å². The van der Waals surface area contributed by atoms with Crippen LogP contribution in [0.3, 0.4) is 0 Å². The second kappa shape index (κ2) is 3.93. The number of anilines is 1. The van der Waals surface area contributed by atoms with Crippen molar-refractivity contribution in [3.05, 3.63) is 45.9 Å². The molecule has 0 unspecified atom stereocenters. The molecule has 2 aromatic heterocycles. The largest absolute Gasteiger partial charge is 0.384 e. The molecule has 20 heavy (non-hydrogen) atoms. The number of fused-ring (bicyclic) bond motifs is 2. The van der Waals surface area contributed by atoms with E-state index in [4.69, 9.17) is 0 Å². The highest BCUT2D eigenvalue weighted by Gasteiger charge is 2.13. The Balaban J connectivity index is 1.90. The molecule has 3 heterocycles. The van der Waals surface area contributed by atoms with Gasteiger partial charge < -0.3 is 5.32 Å². The Morgan fingerprint density at radius 1 is 1.25 bits per heavy atom. The fraction of sp³-hybridized carbons (Fsp3) is 0.214. The lowest BCUT2D eigenvalue weighted by atomic mass is 10.1. The third-order valence-corrected chi connectivity index (χ3v) is 3.55. The van der Waals surface area contributed by atoms with Gasteiger partial charge in [0.1, 0.15) is 0 Å². The smallest absolute Gasteiger partial charge is 0.274 e. The van der Waals surface area contributed by atoms with E-state index in [1.165, 1.54) is 21.8 Å². The van der Waals surface area contributed by atoms with Crippen LogP contribution in [0.25, 0.3) is 17.2 Å². The molecule has 6 heteroatoms. The first-order valence-electron chi connectivity index (χ1n) is 6.54. The van der Waals surface area contributed by atoms with Crippen molar-refractivity contribution < 1.29 is 0 Å². The zero-order valence-corrected chi connectivity index (χ0v) is 11.0. The average Bonchev–Trinajstić information content (AvgIpc) is 3.03. The normalized spacial score (nSPS) is 13.4. The van der Waals surface area contributed by atoms with Crippen molar-refractivity contribution >= 4 is 11.5 Å². The van der Waals surface area contributed by atoms with Crippen molar-refractivity contribution in [2.75, 3.05) is 11.9 Å². The number of hydrogen-bond donors (Lipinski definition) is 2. The van der Waals surface area contributed by atoms with Gasteiger partial charge in [0, 0.05) is 29.6 Å². The van der Waals surface area contributed by atoms with Crippen molar-refractivity contribution in [1.29, 1.82) is 0 Å². The van der Waals surface area contributed by atoms with Gasteiger partial charge in [0.25, 0.3) is 11.3 Å². The molecule has 0 radical (unpaired) electrons. The molecule has 0 saturated heterocycles. The van der Waals surface area contributed by atoms with Crippen LogP contribution in [0.1, 0.15) is 11.3 Å². The Morgan fingerprint density at radius 3 is 3.05 bits per heavy atom. The van der Waals surface area contributed by atoms with Crippen LogP contribution in [0.5, 0.6) is 0 Å². The van der Waals surface area contributed by atoms with Crippen LogP contribution in [0.15, 0.2) is 29.1 Å². The standard InChI is InChI=1S/C14H13N5O/c1-8-6-12(20)19-14(16-8)17-13(18-19)10-2-3-11-9(7-10)4-5-15-11/h2-3,6-7,15H,4-5H2,1H3,(H,16,17,18). The molecule has 0 aliphatic carbocycles. The van der Waals surface area contributed by atoms with Crippen LogP contribution in [0.4, 0.5) is 5.69 Å². The Morgan fingerprint density at radius 2 is 2.15 bits per heavy atom. The lowest BCUT2D eigenvalue weighted by Crippen LogP contribution is -2.14. The van der Waals surface area contributed by atoms with E-state index >= 15 is 0 Å². The van der Waals surface area contributed by atoms with Crippen LogP contribution < -0.4 is 10.9 Å². The maximum Gasteiger partial charge on any atom is 0.274 e. The molecule has 1 aromatic carbocycles. The molecule has 0 fully saturated rings. The molecule has 4 rings (SSSR count). The van der Waals surface area contributed by atoms with Gasteiger partial charge in [-0.2, -0.15) is 9.50 Å². The molecule has 1 aliphatic rings. The van der Waals surface area contributed by atoms with E-state index in [2.05, 4.69) is 26.4 Å². The highest BCUT2D eigenvalue weighted by atomic mass is 16.1. The summed E-state index contributed by atoms with van der Waals surface area (Å²) in [6, 6.07) is 7.63. The van der Waals surface area contributed by atoms with E-state index in [0.29, 0.717) is 17.3 Å². The Hall–Kier alpha value is -2.63. The van der Waals surface area contributed by atoms with Gasteiger partial charge in [-0.3, -0.25) is 9.89 Å². The fourth-order valence-electron chi connectivity index (χ4n) is 2.57. The molecule has 0 bridgehead atoms. The van der Waals surface area contributed by atoms with E-state index in [1.54, 1.807) is 6.92 Å². The summed E-state index contributed by atoms with van der Waals surface area (Å²) in [5.74, 6) is 1.07. The number of aryl methyl sites for hydroxylation is 1. The lowest BCUT2D eigenvalue weighted by Gasteiger charge is -2.01. The summed E-state index contributed by atoms with van der Waals surface area (Å²) in [4.78, 5) is 20.5. The van der Waals surface area contributed by atoms with Crippen LogP contribution >= 0.6 is 0 Å². The first-order chi connectivity index (χ1) is 9.70. The zero-order chi connectivity index (χ0) is 13.7. The van der Waals surface area contributed by atoms with Crippen molar-refractivity contribution in [3.8, 4) is 11.4 Å². The fourth-order valence-corrected chi connectivity index (χ4v) is 2.57. The maximum absolute atomic E-state index is 11.9. The molecule has 100 valence electrons. The molecule has 0 amide bonds. The van der Waals surface area contributed by atoms with Crippen LogP contribution in [0.2, 0.25) is 0 Å². The van der Waals surface area contributed by atoms with Gasteiger partial charge in [0.2, 0.25) is 0 Å². The number of nitrogens with zero attached hydrogens (tertiary/aromatic N) is 3. The molecule has 0 spiro atoms. The number of rotatable bonds is 1. The minimum atomic E-state index is -0.144. The number of nitrogens with one attached hydrogen (secondary N) is 2.